The van der Waals surface area contributed by atoms with Gasteiger partial charge in [0.2, 0.25) is 0 Å². The molecule has 1 aromatic rings. The number of nitriles is 1. The fourth-order valence-corrected chi connectivity index (χ4v) is 1.87. The Morgan fingerprint density at radius 1 is 1.59 bits per heavy atom. The van der Waals surface area contributed by atoms with Crippen molar-refractivity contribution in [2.24, 2.45) is 0 Å². The molecule has 5 heteroatoms. The number of ether oxygens (including phenoxy) is 2. The first-order valence-electron chi connectivity index (χ1n) is 5.44. The third-order valence-electron chi connectivity index (χ3n) is 2.79. The fraction of sp³-hybridized carbons (Fsp3) is 0.417. The third-order valence-corrected chi connectivity index (χ3v) is 2.79. The molecular weight excluding hydrogens is 218 g/mol. The van der Waals surface area contributed by atoms with E-state index in [1.54, 1.807) is 7.11 Å². The minimum Gasteiger partial charge on any atom is -0.497 e. The van der Waals surface area contributed by atoms with Crippen LogP contribution < -0.4 is 15.4 Å². The van der Waals surface area contributed by atoms with Gasteiger partial charge in [-0.05, 0) is 12.1 Å². The topological polar surface area (TPSA) is 71.5 Å². The van der Waals surface area contributed by atoms with Crippen LogP contribution in [0.4, 0.5) is 11.4 Å². The van der Waals surface area contributed by atoms with Gasteiger partial charge in [-0.2, -0.15) is 5.26 Å². The van der Waals surface area contributed by atoms with Gasteiger partial charge in [0.25, 0.3) is 0 Å². The van der Waals surface area contributed by atoms with Crippen LogP contribution in [0.2, 0.25) is 0 Å². The first-order chi connectivity index (χ1) is 8.24. The molecule has 0 spiro atoms. The molecule has 0 radical (unpaired) electrons. The quantitative estimate of drug-likeness (QED) is 0.772. The molecule has 1 heterocycles. The Kier molecular flexibility index (Phi) is 3.35. The second kappa shape index (κ2) is 4.93. The molecule has 0 amide bonds. The van der Waals surface area contributed by atoms with Crippen LogP contribution in [0.3, 0.4) is 0 Å². The van der Waals surface area contributed by atoms with E-state index in [1.807, 2.05) is 18.2 Å². The highest BCUT2D eigenvalue weighted by Gasteiger charge is 2.21. The number of morpholine rings is 1. The van der Waals surface area contributed by atoms with Crippen LogP contribution in [0.5, 0.6) is 5.75 Å². The smallest absolute Gasteiger partial charge is 0.161 e. The highest BCUT2D eigenvalue weighted by atomic mass is 16.5. The predicted octanol–water partition coefficient (Wildman–Crippen LogP) is 1.01. The van der Waals surface area contributed by atoms with Gasteiger partial charge in [-0.1, -0.05) is 0 Å². The van der Waals surface area contributed by atoms with E-state index in [9.17, 15) is 0 Å². The molecule has 0 aliphatic carbocycles. The summed E-state index contributed by atoms with van der Waals surface area (Å²) in [6.45, 7) is 1.80. The molecule has 0 aromatic heterocycles. The van der Waals surface area contributed by atoms with Crippen LogP contribution in [-0.2, 0) is 4.74 Å². The average Bonchev–Trinajstić information content (AvgIpc) is 2.39. The molecule has 0 saturated carbocycles. The van der Waals surface area contributed by atoms with Crippen LogP contribution in [-0.4, -0.2) is 32.9 Å². The molecule has 0 bridgehead atoms. The summed E-state index contributed by atoms with van der Waals surface area (Å²) in [5.41, 5.74) is 7.52. The van der Waals surface area contributed by atoms with Crippen molar-refractivity contribution in [1.29, 1.82) is 5.26 Å². The maximum absolute atomic E-state index is 8.87. The maximum Gasteiger partial charge on any atom is 0.161 e. The number of methoxy groups -OCH3 is 1. The van der Waals surface area contributed by atoms with E-state index in [2.05, 4.69) is 11.0 Å². The summed E-state index contributed by atoms with van der Waals surface area (Å²) < 4.78 is 10.5. The number of nitrogens with zero attached hydrogens (tertiary/aromatic N) is 2. The first kappa shape index (κ1) is 11.6. The largest absolute Gasteiger partial charge is 0.497 e. The standard InChI is InChI=1S/C12H15N3O2/c1-16-9-2-3-11(14)12(6-9)15-4-5-17-10(7-13)8-15/h2-3,6,10H,4-5,8,14H2,1H3. The zero-order chi connectivity index (χ0) is 12.3. The number of nitrogens with two attached hydrogens (primary N) is 1. The Morgan fingerprint density at radius 2 is 2.41 bits per heavy atom. The van der Waals surface area contributed by atoms with Crippen molar-refractivity contribution in [3.05, 3.63) is 18.2 Å². The summed E-state index contributed by atoms with van der Waals surface area (Å²) in [6, 6.07) is 7.63. The molecule has 90 valence electrons. The molecule has 1 fully saturated rings. The van der Waals surface area contributed by atoms with Crippen molar-refractivity contribution in [3.8, 4) is 11.8 Å². The number of benzene rings is 1. The van der Waals surface area contributed by atoms with E-state index in [0.717, 1.165) is 18.0 Å². The van der Waals surface area contributed by atoms with Gasteiger partial charge in [-0.25, -0.2) is 0 Å². The molecule has 1 saturated heterocycles. The maximum atomic E-state index is 8.87. The summed E-state index contributed by atoms with van der Waals surface area (Å²) in [5.74, 6) is 0.759. The van der Waals surface area contributed by atoms with E-state index >= 15 is 0 Å². The first-order valence-corrected chi connectivity index (χ1v) is 5.44. The Morgan fingerprint density at radius 3 is 3.12 bits per heavy atom. The molecule has 2 rings (SSSR count). The van der Waals surface area contributed by atoms with E-state index in [-0.39, 0.29) is 0 Å². The lowest BCUT2D eigenvalue weighted by molar-refractivity contribution is 0.0765. The third kappa shape index (κ3) is 2.43. The molecule has 1 aromatic carbocycles. The van der Waals surface area contributed by atoms with Gasteiger partial charge in [-0.15, -0.1) is 0 Å². The lowest BCUT2D eigenvalue weighted by atomic mass is 10.2. The summed E-state index contributed by atoms with van der Waals surface area (Å²) in [6.07, 6.45) is -0.394. The van der Waals surface area contributed by atoms with Crippen LogP contribution in [0, 0.1) is 11.3 Å². The van der Waals surface area contributed by atoms with Crippen molar-refractivity contribution in [2.75, 3.05) is 37.4 Å². The normalized spacial score (nSPS) is 19.8. The molecule has 1 unspecified atom stereocenters. The minimum atomic E-state index is -0.394. The van der Waals surface area contributed by atoms with Crippen molar-refractivity contribution < 1.29 is 9.47 Å². The minimum absolute atomic E-state index is 0.394. The van der Waals surface area contributed by atoms with Crippen LogP contribution in [0.25, 0.3) is 0 Å². The van der Waals surface area contributed by atoms with Gasteiger partial charge in [0.05, 0.1) is 37.7 Å². The van der Waals surface area contributed by atoms with Crippen molar-refractivity contribution in [2.45, 2.75) is 6.10 Å². The molecule has 1 atom stereocenters. The molecule has 1 aliphatic rings. The Balaban J connectivity index is 2.24. The molecule has 1 aliphatic heterocycles. The van der Waals surface area contributed by atoms with E-state index in [4.69, 9.17) is 20.5 Å². The van der Waals surface area contributed by atoms with Gasteiger partial charge < -0.3 is 20.1 Å². The van der Waals surface area contributed by atoms with E-state index < -0.39 is 6.10 Å². The second-order valence-corrected chi connectivity index (χ2v) is 3.86. The zero-order valence-corrected chi connectivity index (χ0v) is 9.72. The number of hydrogen-bond acceptors (Lipinski definition) is 5. The predicted molar refractivity (Wildman–Crippen MR) is 65.0 cm³/mol. The number of anilines is 2. The van der Waals surface area contributed by atoms with E-state index in [0.29, 0.717) is 18.8 Å². The molecular formula is C12H15N3O2. The highest BCUT2D eigenvalue weighted by Crippen LogP contribution is 2.29. The number of rotatable bonds is 2. The van der Waals surface area contributed by atoms with Crippen LogP contribution in [0.15, 0.2) is 18.2 Å². The van der Waals surface area contributed by atoms with Crippen molar-refractivity contribution in [3.63, 3.8) is 0 Å². The van der Waals surface area contributed by atoms with Crippen LogP contribution in [0.1, 0.15) is 0 Å². The van der Waals surface area contributed by atoms with Gasteiger partial charge in [0.1, 0.15) is 5.75 Å². The molecule has 17 heavy (non-hydrogen) atoms. The fourth-order valence-electron chi connectivity index (χ4n) is 1.87. The zero-order valence-electron chi connectivity index (χ0n) is 9.72. The van der Waals surface area contributed by atoms with Crippen molar-refractivity contribution >= 4 is 11.4 Å². The van der Waals surface area contributed by atoms with Gasteiger partial charge in [0, 0.05) is 12.6 Å². The van der Waals surface area contributed by atoms with Crippen molar-refractivity contribution in [1.82, 2.24) is 0 Å². The van der Waals surface area contributed by atoms with Gasteiger partial charge >= 0.3 is 0 Å². The van der Waals surface area contributed by atoms with Crippen LogP contribution >= 0.6 is 0 Å². The second-order valence-electron chi connectivity index (χ2n) is 3.86. The Hall–Kier alpha value is -1.93. The molecule has 2 N–H and O–H groups in total. The highest BCUT2D eigenvalue weighted by molar-refractivity contribution is 5.70. The Labute approximate surface area is 100 Å². The van der Waals surface area contributed by atoms with Gasteiger partial charge in [0.15, 0.2) is 6.10 Å². The number of hydrogen-bond donors (Lipinski definition) is 1. The summed E-state index contributed by atoms with van der Waals surface area (Å²) >= 11 is 0. The number of nitrogen functional groups attached to an aromatic ring is 1. The average molecular weight is 233 g/mol. The monoisotopic (exact) mass is 233 g/mol. The summed E-state index contributed by atoms with van der Waals surface area (Å²) in [4.78, 5) is 2.05. The van der Waals surface area contributed by atoms with E-state index in [1.165, 1.54) is 0 Å². The SMILES string of the molecule is COc1ccc(N)c(N2CCOC(C#N)C2)c1. The lowest BCUT2D eigenvalue weighted by Gasteiger charge is -2.32. The van der Waals surface area contributed by atoms with Gasteiger partial charge in [-0.3, -0.25) is 0 Å². The lowest BCUT2D eigenvalue weighted by Crippen LogP contribution is -2.42. The molecule has 5 nitrogen and oxygen atoms in total. The summed E-state index contributed by atoms with van der Waals surface area (Å²) in [5, 5.41) is 8.87. The summed E-state index contributed by atoms with van der Waals surface area (Å²) in [7, 11) is 1.62. The Bertz CT molecular complexity index is 442.